The van der Waals surface area contributed by atoms with Gasteiger partial charge in [-0.3, -0.25) is 4.99 Å². The summed E-state index contributed by atoms with van der Waals surface area (Å²) < 4.78 is 41.9. The average Bonchev–Trinajstić information content (AvgIpc) is 2.67. The molecule has 158 valence electrons. The fourth-order valence-electron chi connectivity index (χ4n) is 3.22. The van der Waals surface area contributed by atoms with Gasteiger partial charge in [0.15, 0.2) is 12.6 Å². The van der Waals surface area contributed by atoms with Crippen LogP contribution in [0.15, 0.2) is 23.3 Å². The molecule has 2 rings (SSSR count). The third-order valence-electron chi connectivity index (χ3n) is 4.75. The monoisotopic (exact) mass is 401 g/mol. The Hall–Kier alpha value is -2.03. The van der Waals surface area contributed by atoms with Crippen molar-refractivity contribution < 1.29 is 17.9 Å². The molecule has 28 heavy (non-hydrogen) atoms. The van der Waals surface area contributed by atoms with E-state index in [-0.39, 0.29) is 12.4 Å². The fourth-order valence-corrected chi connectivity index (χ4v) is 3.22. The lowest BCUT2D eigenvalue weighted by Gasteiger charge is -2.33. The zero-order valence-corrected chi connectivity index (χ0v) is 16.6. The van der Waals surface area contributed by atoms with Gasteiger partial charge in [-0.2, -0.15) is 13.2 Å². The summed E-state index contributed by atoms with van der Waals surface area (Å²) in [6.07, 6.45) is 1.86. The molecule has 0 amide bonds. The molecule has 2 heterocycles. The number of pyridine rings is 1. The smallest absolute Gasteiger partial charge is 0.422 e. The number of alkyl halides is 3. The number of rotatable bonds is 8. The molecule has 0 bridgehead atoms. The predicted molar refractivity (Wildman–Crippen MR) is 103 cm³/mol. The minimum atomic E-state index is -4.40. The molecule has 1 unspecified atom stereocenters. The van der Waals surface area contributed by atoms with Gasteiger partial charge in [0.2, 0.25) is 5.88 Å². The van der Waals surface area contributed by atoms with Crippen LogP contribution in [0.5, 0.6) is 5.88 Å². The first-order valence-electron chi connectivity index (χ1n) is 9.71. The second-order valence-corrected chi connectivity index (χ2v) is 6.96. The molecule has 1 aliphatic heterocycles. The van der Waals surface area contributed by atoms with Gasteiger partial charge in [-0.25, -0.2) is 4.98 Å². The van der Waals surface area contributed by atoms with Gasteiger partial charge in [0.25, 0.3) is 0 Å². The van der Waals surface area contributed by atoms with Crippen molar-refractivity contribution >= 4 is 5.96 Å². The molecule has 1 saturated heterocycles. The van der Waals surface area contributed by atoms with E-state index in [1.165, 1.54) is 25.5 Å². The highest BCUT2D eigenvalue weighted by Gasteiger charge is 2.29. The summed E-state index contributed by atoms with van der Waals surface area (Å²) in [5, 5.41) is 6.34. The van der Waals surface area contributed by atoms with E-state index >= 15 is 0 Å². The van der Waals surface area contributed by atoms with Crippen molar-refractivity contribution in [3.05, 3.63) is 23.9 Å². The SMILES string of the molecule is CN=C(NCCCN1CCCCC1C)NCc1cccnc1OCC(F)(F)F. The maximum absolute atomic E-state index is 12.4. The molecule has 0 aliphatic carbocycles. The van der Waals surface area contributed by atoms with E-state index < -0.39 is 12.8 Å². The lowest BCUT2D eigenvalue weighted by atomic mass is 10.0. The van der Waals surface area contributed by atoms with Crippen LogP contribution in [0.4, 0.5) is 13.2 Å². The van der Waals surface area contributed by atoms with Gasteiger partial charge in [0, 0.05) is 44.5 Å². The van der Waals surface area contributed by atoms with Gasteiger partial charge in [-0.15, -0.1) is 0 Å². The number of ether oxygens (including phenoxy) is 1. The third kappa shape index (κ3) is 7.92. The Balaban J connectivity index is 1.74. The number of guanidine groups is 1. The van der Waals surface area contributed by atoms with Crippen LogP contribution in [0.25, 0.3) is 0 Å². The van der Waals surface area contributed by atoms with Gasteiger partial charge in [-0.05, 0) is 38.8 Å². The molecule has 1 atom stereocenters. The van der Waals surface area contributed by atoms with Crippen LogP contribution >= 0.6 is 0 Å². The predicted octanol–water partition coefficient (Wildman–Crippen LogP) is 2.95. The summed E-state index contributed by atoms with van der Waals surface area (Å²) in [6, 6.07) is 3.98. The molecule has 0 radical (unpaired) electrons. The number of hydrogen-bond donors (Lipinski definition) is 2. The summed E-state index contributed by atoms with van der Waals surface area (Å²) in [5.74, 6) is 0.569. The molecule has 6 nitrogen and oxygen atoms in total. The van der Waals surface area contributed by atoms with Crippen molar-refractivity contribution in [3.63, 3.8) is 0 Å². The van der Waals surface area contributed by atoms with Crippen molar-refractivity contribution in [2.24, 2.45) is 4.99 Å². The lowest BCUT2D eigenvalue weighted by molar-refractivity contribution is -0.154. The van der Waals surface area contributed by atoms with E-state index in [2.05, 4.69) is 32.4 Å². The molecule has 0 spiro atoms. The molecule has 0 aromatic carbocycles. The van der Waals surface area contributed by atoms with Crippen molar-refractivity contribution in [1.82, 2.24) is 20.5 Å². The van der Waals surface area contributed by atoms with Gasteiger partial charge in [0.05, 0.1) is 0 Å². The Labute approximate surface area is 164 Å². The first-order valence-corrected chi connectivity index (χ1v) is 9.71. The van der Waals surface area contributed by atoms with Crippen LogP contribution in [0, 0.1) is 0 Å². The zero-order valence-electron chi connectivity index (χ0n) is 16.6. The highest BCUT2D eigenvalue weighted by Crippen LogP contribution is 2.20. The molecule has 1 fully saturated rings. The molecular weight excluding hydrogens is 371 g/mol. The molecule has 1 aliphatic rings. The Kier molecular flexibility index (Phi) is 8.82. The molecule has 2 N–H and O–H groups in total. The van der Waals surface area contributed by atoms with E-state index in [0.717, 1.165) is 26.1 Å². The van der Waals surface area contributed by atoms with E-state index in [1.807, 2.05) is 0 Å². The minimum absolute atomic E-state index is 0.0261. The van der Waals surface area contributed by atoms with Gasteiger partial charge in [0.1, 0.15) is 0 Å². The number of aliphatic imine (C=N–C) groups is 1. The average molecular weight is 401 g/mol. The number of halogens is 3. The first kappa shape index (κ1) is 22.3. The second kappa shape index (κ2) is 11.1. The van der Waals surface area contributed by atoms with Gasteiger partial charge < -0.3 is 20.3 Å². The summed E-state index contributed by atoms with van der Waals surface area (Å²) >= 11 is 0. The first-order chi connectivity index (χ1) is 13.4. The number of nitrogens with one attached hydrogen (secondary N) is 2. The van der Waals surface area contributed by atoms with Crippen LogP contribution < -0.4 is 15.4 Å². The highest BCUT2D eigenvalue weighted by molar-refractivity contribution is 5.79. The minimum Gasteiger partial charge on any atom is -0.468 e. The normalized spacial score (nSPS) is 18.8. The number of likely N-dealkylation sites (tertiary alicyclic amines) is 1. The fraction of sp³-hybridized carbons (Fsp3) is 0.684. The van der Waals surface area contributed by atoms with E-state index in [9.17, 15) is 13.2 Å². The quantitative estimate of drug-likeness (QED) is 0.398. The molecule has 0 saturated carbocycles. The maximum Gasteiger partial charge on any atom is 0.422 e. The maximum atomic E-state index is 12.4. The van der Waals surface area contributed by atoms with Gasteiger partial charge in [-0.1, -0.05) is 12.5 Å². The summed E-state index contributed by atoms with van der Waals surface area (Å²) in [7, 11) is 1.66. The highest BCUT2D eigenvalue weighted by atomic mass is 19.4. The van der Waals surface area contributed by atoms with E-state index in [1.54, 1.807) is 19.2 Å². The number of aromatic nitrogens is 1. The zero-order chi connectivity index (χ0) is 20.4. The van der Waals surface area contributed by atoms with Crippen LogP contribution in [-0.4, -0.2) is 61.4 Å². The third-order valence-corrected chi connectivity index (χ3v) is 4.75. The second-order valence-electron chi connectivity index (χ2n) is 6.96. The van der Waals surface area contributed by atoms with Crippen LogP contribution in [0.2, 0.25) is 0 Å². The van der Waals surface area contributed by atoms with Crippen LogP contribution in [0.3, 0.4) is 0 Å². The number of nitrogens with zero attached hydrogens (tertiary/aromatic N) is 3. The van der Waals surface area contributed by atoms with Crippen molar-refractivity contribution in [2.45, 2.75) is 51.4 Å². The molecule has 1 aromatic heterocycles. The van der Waals surface area contributed by atoms with Gasteiger partial charge >= 0.3 is 6.18 Å². The van der Waals surface area contributed by atoms with E-state index in [0.29, 0.717) is 17.6 Å². The number of hydrogen-bond acceptors (Lipinski definition) is 4. The lowest BCUT2D eigenvalue weighted by Crippen LogP contribution is -2.41. The molecular formula is C19H30F3N5O. The molecule has 9 heteroatoms. The van der Waals surface area contributed by atoms with E-state index in [4.69, 9.17) is 4.74 Å². The van der Waals surface area contributed by atoms with Crippen LogP contribution in [0.1, 0.15) is 38.2 Å². The van der Waals surface area contributed by atoms with Crippen molar-refractivity contribution in [3.8, 4) is 5.88 Å². The van der Waals surface area contributed by atoms with Crippen molar-refractivity contribution in [2.75, 3.05) is 33.3 Å². The summed E-state index contributed by atoms with van der Waals surface area (Å²) in [4.78, 5) is 10.6. The Morgan fingerprint density at radius 3 is 2.89 bits per heavy atom. The molecule has 1 aromatic rings. The van der Waals surface area contributed by atoms with Crippen LogP contribution in [-0.2, 0) is 6.54 Å². The Morgan fingerprint density at radius 1 is 1.36 bits per heavy atom. The standard InChI is InChI=1S/C19H30F3N5O/c1-15-7-3-4-11-27(15)12-6-10-25-18(23-2)26-13-16-8-5-9-24-17(16)28-14-19(20,21)22/h5,8-9,15H,3-4,6-7,10-14H2,1-2H3,(H2,23,25,26). The Bertz CT molecular complexity index is 624. The Morgan fingerprint density at radius 2 is 2.18 bits per heavy atom. The largest absolute Gasteiger partial charge is 0.468 e. The summed E-state index contributed by atoms with van der Waals surface area (Å²) in [6.45, 7) is 4.16. The number of piperidine rings is 1. The topological polar surface area (TPSA) is 61.8 Å². The van der Waals surface area contributed by atoms with Crippen molar-refractivity contribution in [1.29, 1.82) is 0 Å². The summed E-state index contributed by atoms with van der Waals surface area (Å²) in [5.41, 5.74) is 0.539.